The number of rotatable bonds is 5. The minimum absolute atomic E-state index is 0.157. The van der Waals surface area contributed by atoms with Crippen LogP contribution in [-0.4, -0.2) is 36.0 Å². The van der Waals surface area contributed by atoms with E-state index in [4.69, 9.17) is 0 Å². The van der Waals surface area contributed by atoms with Crippen molar-refractivity contribution < 1.29 is 4.79 Å². The van der Waals surface area contributed by atoms with Gasteiger partial charge in [-0.2, -0.15) is 0 Å². The maximum absolute atomic E-state index is 11.6. The van der Waals surface area contributed by atoms with Crippen LogP contribution in [0.3, 0.4) is 0 Å². The molecule has 1 fully saturated rings. The van der Waals surface area contributed by atoms with Gasteiger partial charge in [0.05, 0.1) is 5.75 Å². The zero-order chi connectivity index (χ0) is 13.1. The van der Waals surface area contributed by atoms with Crippen LogP contribution in [-0.2, 0) is 4.79 Å². The van der Waals surface area contributed by atoms with Gasteiger partial charge in [-0.3, -0.25) is 4.79 Å². The van der Waals surface area contributed by atoms with Crippen LogP contribution < -0.4 is 10.6 Å². The lowest BCUT2D eigenvalue weighted by molar-refractivity contribution is -0.119. The van der Waals surface area contributed by atoms with Crippen LogP contribution in [0.15, 0.2) is 0 Å². The maximum atomic E-state index is 11.6. The largest absolute Gasteiger partial charge is 0.353 e. The van der Waals surface area contributed by atoms with Crippen molar-refractivity contribution >= 4 is 17.7 Å². The van der Waals surface area contributed by atoms with Crippen molar-refractivity contribution in [3.05, 3.63) is 0 Å². The molecule has 4 heteroatoms. The first kappa shape index (κ1) is 14.8. The quantitative estimate of drug-likeness (QED) is 0.793. The number of nitrogens with one attached hydrogen (secondary N) is 2. The monoisotopic (exact) mass is 258 g/mol. The molecule has 2 atom stereocenters. The summed E-state index contributed by atoms with van der Waals surface area (Å²) in [6.45, 7) is 8.61. The highest BCUT2D eigenvalue weighted by Gasteiger charge is 2.41. The van der Waals surface area contributed by atoms with Gasteiger partial charge in [-0.05, 0) is 39.2 Å². The third kappa shape index (κ3) is 4.18. The summed E-state index contributed by atoms with van der Waals surface area (Å²) in [4.78, 5) is 11.6. The summed E-state index contributed by atoms with van der Waals surface area (Å²) in [6, 6.07) is 0.752. The van der Waals surface area contributed by atoms with Crippen molar-refractivity contribution in [2.24, 2.45) is 5.41 Å². The third-order valence-electron chi connectivity index (χ3n) is 3.48. The molecule has 17 heavy (non-hydrogen) atoms. The Morgan fingerprint density at radius 1 is 1.47 bits per heavy atom. The van der Waals surface area contributed by atoms with Crippen LogP contribution in [0.5, 0.6) is 0 Å². The van der Waals surface area contributed by atoms with Crippen molar-refractivity contribution in [3.8, 4) is 0 Å². The average molecular weight is 258 g/mol. The molecular formula is C13H26N2OS. The van der Waals surface area contributed by atoms with Crippen LogP contribution in [0.25, 0.3) is 0 Å². The van der Waals surface area contributed by atoms with E-state index in [1.807, 2.05) is 20.9 Å². The first-order valence-corrected chi connectivity index (χ1v) is 7.50. The van der Waals surface area contributed by atoms with E-state index in [0.717, 1.165) is 0 Å². The Labute approximate surface area is 109 Å². The highest BCUT2D eigenvalue weighted by molar-refractivity contribution is 8.00. The fourth-order valence-corrected chi connectivity index (χ4v) is 4.07. The smallest absolute Gasteiger partial charge is 0.230 e. The first-order valence-electron chi connectivity index (χ1n) is 6.45. The molecule has 100 valence electrons. The molecule has 1 aliphatic rings. The molecule has 1 saturated carbocycles. The lowest BCUT2D eigenvalue weighted by Crippen LogP contribution is -2.42. The second kappa shape index (κ2) is 6.10. The minimum Gasteiger partial charge on any atom is -0.353 e. The zero-order valence-corrected chi connectivity index (χ0v) is 12.5. The van der Waals surface area contributed by atoms with Crippen molar-refractivity contribution in [1.29, 1.82) is 0 Å². The molecule has 0 heterocycles. The topological polar surface area (TPSA) is 41.1 Å². The molecule has 3 nitrogen and oxygen atoms in total. The molecule has 2 unspecified atom stereocenters. The first-order chi connectivity index (χ1) is 7.86. The van der Waals surface area contributed by atoms with Gasteiger partial charge in [-0.15, -0.1) is 11.8 Å². The highest BCUT2D eigenvalue weighted by atomic mass is 32.2. The van der Waals surface area contributed by atoms with E-state index in [2.05, 4.69) is 24.5 Å². The predicted molar refractivity (Wildman–Crippen MR) is 75.4 cm³/mol. The molecule has 0 radical (unpaired) electrons. The molecule has 0 aromatic heterocycles. The molecule has 0 saturated heterocycles. The summed E-state index contributed by atoms with van der Waals surface area (Å²) in [5, 5.41) is 6.92. The van der Waals surface area contributed by atoms with Gasteiger partial charge in [0.2, 0.25) is 5.91 Å². The van der Waals surface area contributed by atoms with Gasteiger partial charge in [0.1, 0.15) is 0 Å². The average Bonchev–Trinajstić information content (AvgIpc) is 2.49. The van der Waals surface area contributed by atoms with Crippen molar-refractivity contribution in [3.63, 3.8) is 0 Å². The van der Waals surface area contributed by atoms with Gasteiger partial charge in [-0.25, -0.2) is 0 Å². The van der Waals surface area contributed by atoms with Crippen LogP contribution >= 0.6 is 11.8 Å². The number of hydrogen-bond acceptors (Lipinski definition) is 3. The molecular weight excluding hydrogens is 232 g/mol. The maximum Gasteiger partial charge on any atom is 0.230 e. The lowest BCUT2D eigenvalue weighted by Gasteiger charge is -2.30. The normalized spacial score (nSPS) is 27.4. The molecule has 0 bridgehead atoms. The van der Waals surface area contributed by atoms with Crippen molar-refractivity contribution in [1.82, 2.24) is 10.6 Å². The van der Waals surface area contributed by atoms with E-state index in [1.54, 1.807) is 11.8 Å². The van der Waals surface area contributed by atoms with Crippen LogP contribution in [0.1, 0.15) is 40.5 Å². The van der Waals surface area contributed by atoms with Crippen LogP contribution in [0.2, 0.25) is 0 Å². The van der Waals surface area contributed by atoms with E-state index in [1.165, 1.54) is 12.8 Å². The molecule has 0 aromatic carbocycles. The summed E-state index contributed by atoms with van der Waals surface area (Å²) in [6.07, 6.45) is 2.44. The van der Waals surface area contributed by atoms with Crippen molar-refractivity contribution in [2.75, 3.05) is 12.8 Å². The fraction of sp³-hybridized carbons (Fsp3) is 0.923. The Morgan fingerprint density at radius 2 is 2.12 bits per heavy atom. The minimum atomic E-state index is 0.157. The Balaban J connectivity index is 2.40. The molecule has 2 N–H and O–H groups in total. The zero-order valence-electron chi connectivity index (χ0n) is 11.7. The van der Waals surface area contributed by atoms with Gasteiger partial charge in [0.15, 0.2) is 0 Å². The van der Waals surface area contributed by atoms with E-state index in [9.17, 15) is 4.79 Å². The highest BCUT2D eigenvalue weighted by Crippen LogP contribution is 2.42. The number of amides is 1. The van der Waals surface area contributed by atoms with Crippen molar-refractivity contribution in [2.45, 2.75) is 57.9 Å². The predicted octanol–water partition coefficient (Wildman–Crippen LogP) is 2.02. The molecule has 0 aromatic rings. The summed E-state index contributed by atoms with van der Waals surface area (Å²) >= 11 is 1.79. The van der Waals surface area contributed by atoms with E-state index in [-0.39, 0.29) is 11.9 Å². The van der Waals surface area contributed by atoms with E-state index in [0.29, 0.717) is 22.5 Å². The molecule has 1 rings (SSSR count). The Morgan fingerprint density at radius 3 is 2.65 bits per heavy atom. The number of thioether (sulfide) groups is 1. The van der Waals surface area contributed by atoms with E-state index < -0.39 is 0 Å². The van der Waals surface area contributed by atoms with Gasteiger partial charge >= 0.3 is 0 Å². The SMILES string of the molecule is CNC1C(SCC(=O)NC(C)C)CCC1(C)C. The molecule has 1 aliphatic carbocycles. The Hall–Kier alpha value is -0.220. The van der Waals surface area contributed by atoms with Gasteiger partial charge in [-0.1, -0.05) is 13.8 Å². The summed E-state index contributed by atoms with van der Waals surface area (Å²) < 4.78 is 0. The molecule has 0 spiro atoms. The summed E-state index contributed by atoms with van der Waals surface area (Å²) in [7, 11) is 2.03. The third-order valence-corrected chi connectivity index (χ3v) is 4.84. The summed E-state index contributed by atoms with van der Waals surface area (Å²) in [5.74, 6) is 0.737. The van der Waals surface area contributed by atoms with E-state index >= 15 is 0 Å². The Kier molecular flexibility index (Phi) is 5.32. The molecule has 0 aliphatic heterocycles. The second-order valence-corrected chi connectivity index (χ2v) is 7.09. The van der Waals surface area contributed by atoms with Gasteiger partial charge in [0, 0.05) is 17.3 Å². The second-order valence-electron chi connectivity index (χ2n) is 5.87. The number of carbonyl (C=O) groups is 1. The Bertz CT molecular complexity index is 266. The van der Waals surface area contributed by atoms with Crippen LogP contribution in [0, 0.1) is 5.41 Å². The fourth-order valence-electron chi connectivity index (χ4n) is 2.64. The van der Waals surface area contributed by atoms with Gasteiger partial charge in [0.25, 0.3) is 0 Å². The molecule has 1 amide bonds. The lowest BCUT2D eigenvalue weighted by atomic mass is 9.87. The number of carbonyl (C=O) groups excluding carboxylic acids is 1. The van der Waals surface area contributed by atoms with Crippen LogP contribution in [0.4, 0.5) is 0 Å². The number of hydrogen-bond donors (Lipinski definition) is 2. The summed E-state index contributed by atoms with van der Waals surface area (Å²) in [5.41, 5.74) is 0.348. The van der Waals surface area contributed by atoms with Gasteiger partial charge < -0.3 is 10.6 Å². The standard InChI is InChI=1S/C13H26N2OS/c1-9(2)15-11(16)8-17-10-6-7-13(3,4)12(10)14-5/h9-10,12,14H,6-8H2,1-5H3,(H,15,16).